The zero-order valence-corrected chi connectivity index (χ0v) is 10.8. The Bertz CT molecular complexity index is 455. The van der Waals surface area contributed by atoms with Crippen molar-refractivity contribution in [1.29, 1.82) is 0 Å². The molecule has 0 radical (unpaired) electrons. The second kappa shape index (κ2) is 3.89. The lowest BCUT2D eigenvalue weighted by molar-refractivity contribution is 0.468. The van der Waals surface area contributed by atoms with Gasteiger partial charge in [0.15, 0.2) is 0 Å². The minimum Gasteiger partial charge on any atom is -0.366 e. The Balaban J connectivity index is 1.69. The summed E-state index contributed by atoms with van der Waals surface area (Å²) in [5.74, 6) is 5.96. The van der Waals surface area contributed by atoms with Crippen LogP contribution in [0.4, 0.5) is 11.4 Å². The topological polar surface area (TPSA) is 32.5 Å². The van der Waals surface area contributed by atoms with E-state index in [-0.39, 0.29) is 0 Å². The third-order valence-electron chi connectivity index (χ3n) is 4.99. The average molecular weight is 243 g/mol. The standard InChI is InChI=1S/C15H21N3/c16-17-9-8-11-10-14(6-7-15(11)17)18-12-2-1-3-13(18)5-4-12/h6-7,10,12-13H,1-5,8-9,16H2. The zero-order chi connectivity index (χ0) is 12.1. The van der Waals surface area contributed by atoms with Gasteiger partial charge in [-0.1, -0.05) is 0 Å². The molecular formula is C15H21N3. The number of hydrogen-bond donors (Lipinski definition) is 1. The lowest BCUT2D eigenvalue weighted by Gasteiger charge is -2.37. The Kier molecular flexibility index (Phi) is 2.31. The normalized spacial score (nSPS) is 29.8. The molecule has 4 rings (SSSR count). The van der Waals surface area contributed by atoms with E-state index < -0.39 is 0 Å². The minimum absolute atomic E-state index is 0.803. The smallest absolute Gasteiger partial charge is 0.0551 e. The maximum atomic E-state index is 5.96. The van der Waals surface area contributed by atoms with Gasteiger partial charge in [-0.2, -0.15) is 0 Å². The van der Waals surface area contributed by atoms with E-state index in [0.29, 0.717) is 0 Å². The number of benzene rings is 1. The summed E-state index contributed by atoms with van der Waals surface area (Å²) >= 11 is 0. The lowest BCUT2D eigenvalue weighted by Crippen LogP contribution is -2.39. The highest BCUT2D eigenvalue weighted by atomic mass is 15.4. The largest absolute Gasteiger partial charge is 0.366 e. The second-order valence-electron chi connectivity index (χ2n) is 5.98. The Morgan fingerprint density at radius 1 is 1.06 bits per heavy atom. The SMILES string of the molecule is NN1CCc2cc(N3C4CCCC3CC4)ccc21. The molecule has 2 saturated heterocycles. The van der Waals surface area contributed by atoms with Crippen LogP contribution in [-0.2, 0) is 6.42 Å². The maximum Gasteiger partial charge on any atom is 0.0551 e. The fourth-order valence-corrected chi connectivity index (χ4v) is 4.11. The molecule has 2 fully saturated rings. The van der Waals surface area contributed by atoms with Crippen molar-refractivity contribution in [3.05, 3.63) is 23.8 Å². The number of anilines is 2. The summed E-state index contributed by atoms with van der Waals surface area (Å²) < 4.78 is 0. The van der Waals surface area contributed by atoms with E-state index in [1.54, 1.807) is 0 Å². The Labute approximate surface area is 109 Å². The van der Waals surface area contributed by atoms with E-state index in [2.05, 4.69) is 23.1 Å². The van der Waals surface area contributed by atoms with Gasteiger partial charge in [0.1, 0.15) is 0 Å². The number of piperidine rings is 1. The van der Waals surface area contributed by atoms with Crippen LogP contribution in [0, 0.1) is 0 Å². The molecule has 2 unspecified atom stereocenters. The van der Waals surface area contributed by atoms with Crippen molar-refractivity contribution in [3.63, 3.8) is 0 Å². The Hall–Kier alpha value is -1.22. The van der Waals surface area contributed by atoms with E-state index in [1.165, 1.54) is 49.0 Å². The highest BCUT2D eigenvalue weighted by Gasteiger charge is 2.36. The molecule has 2 N–H and O–H groups in total. The molecule has 3 heteroatoms. The van der Waals surface area contributed by atoms with Crippen molar-refractivity contribution >= 4 is 11.4 Å². The van der Waals surface area contributed by atoms with E-state index in [0.717, 1.165) is 25.0 Å². The first-order valence-corrected chi connectivity index (χ1v) is 7.26. The summed E-state index contributed by atoms with van der Waals surface area (Å²) in [4.78, 5) is 2.70. The highest BCUT2D eigenvalue weighted by molar-refractivity contribution is 5.65. The minimum atomic E-state index is 0.803. The summed E-state index contributed by atoms with van der Waals surface area (Å²) in [5.41, 5.74) is 4.10. The van der Waals surface area contributed by atoms with Crippen molar-refractivity contribution in [2.45, 2.75) is 50.6 Å². The van der Waals surface area contributed by atoms with Gasteiger partial charge in [0, 0.05) is 24.3 Å². The predicted octanol–water partition coefficient (Wildman–Crippen LogP) is 2.44. The summed E-state index contributed by atoms with van der Waals surface area (Å²) in [7, 11) is 0. The molecule has 3 heterocycles. The van der Waals surface area contributed by atoms with E-state index in [4.69, 9.17) is 5.84 Å². The van der Waals surface area contributed by atoms with Crippen molar-refractivity contribution in [1.82, 2.24) is 0 Å². The van der Waals surface area contributed by atoms with Crippen molar-refractivity contribution < 1.29 is 0 Å². The number of hydrogen-bond acceptors (Lipinski definition) is 3. The third-order valence-corrected chi connectivity index (χ3v) is 4.99. The first-order valence-electron chi connectivity index (χ1n) is 7.26. The highest BCUT2D eigenvalue weighted by Crippen LogP contribution is 2.40. The number of fused-ring (bicyclic) bond motifs is 3. The van der Waals surface area contributed by atoms with E-state index in [1.807, 2.05) is 5.01 Å². The van der Waals surface area contributed by atoms with Crippen LogP contribution in [0.2, 0.25) is 0 Å². The number of rotatable bonds is 1. The van der Waals surface area contributed by atoms with E-state index >= 15 is 0 Å². The molecule has 0 aromatic heterocycles. The molecule has 0 spiro atoms. The summed E-state index contributed by atoms with van der Waals surface area (Å²) in [6.45, 7) is 0.964. The molecule has 1 aromatic carbocycles. The molecule has 2 atom stereocenters. The van der Waals surface area contributed by atoms with Gasteiger partial charge in [0.2, 0.25) is 0 Å². The molecule has 2 bridgehead atoms. The van der Waals surface area contributed by atoms with Crippen molar-refractivity contribution in [2.24, 2.45) is 5.84 Å². The van der Waals surface area contributed by atoms with Crippen LogP contribution in [-0.4, -0.2) is 18.6 Å². The third kappa shape index (κ3) is 1.46. The van der Waals surface area contributed by atoms with Gasteiger partial charge in [-0.15, -0.1) is 0 Å². The Morgan fingerprint density at radius 3 is 2.61 bits per heavy atom. The van der Waals surface area contributed by atoms with E-state index in [9.17, 15) is 0 Å². The molecule has 0 amide bonds. The van der Waals surface area contributed by atoms with Crippen molar-refractivity contribution in [2.75, 3.05) is 16.5 Å². The molecular weight excluding hydrogens is 222 g/mol. The number of nitrogens with two attached hydrogens (primary N) is 1. The monoisotopic (exact) mass is 243 g/mol. The van der Waals surface area contributed by atoms with Gasteiger partial charge in [-0.25, -0.2) is 5.84 Å². The molecule has 96 valence electrons. The first kappa shape index (κ1) is 10.7. The molecule has 18 heavy (non-hydrogen) atoms. The van der Waals surface area contributed by atoms with Gasteiger partial charge < -0.3 is 9.91 Å². The van der Waals surface area contributed by atoms with Gasteiger partial charge in [0.25, 0.3) is 0 Å². The van der Waals surface area contributed by atoms with Crippen LogP contribution in [0.5, 0.6) is 0 Å². The molecule has 0 saturated carbocycles. The molecule has 3 aliphatic rings. The lowest BCUT2D eigenvalue weighted by atomic mass is 10.0. The average Bonchev–Trinajstić information content (AvgIpc) is 2.87. The second-order valence-corrected chi connectivity index (χ2v) is 5.98. The summed E-state index contributed by atoms with van der Waals surface area (Å²) in [5, 5.41) is 1.88. The van der Waals surface area contributed by atoms with Gasteiger partial charge in [0.05, 0.1) is 5.69 Å². The number of nitrogens with zero attached hydrogens (tertiary/aromatic N) is 2. The number of hydrazine groups is 1. The molecule has 3 aliphatic heterocycles. The Morgan fingerprint density at radius 2 is 1.83 bits per heavy atom. The van der Waals surface area contributed by atoms with Crippen LogP contribution in [0.25, 0.3) is 0 Å². The fourth-order valence-electron chi connectivity index (χ4n) is 4.11. The van der Waals surface area contributed by atoms with Gasteiger partial charge in [-0.3, -0.25) is 0 Å². The summed E-state index contributed by atoms with van der Waals surface area (Å²) in [6.07, 6.45) is 8.08. The molecule has 3 nitrogen and oxygen atoms in total. The predicted molar refractivity (Wildman–Crippen MR) is 74.8 cm³/mol. The zero-order valence-electron chi connectivity index (χ0n) is 10.8. The summed E-state index contributed by atoms with van der Waals surface area (Å²) in [6, 6.07) is 8.49. The molecule has 1 aromatic rings. The van der Waals surface area contributed by atoms with Gasteiger partial charge in [-0.05, 0) is 62.3 Å². The van der Waals surface area contributed by atoms with Crippen LogP contribution >= 0.6 is 0 Å². The van der Waals surface area contributed by atoms with Crippen LogP contribution < -0.4 is 15.8 Å². The molecule has 0 aliphatic carbocycles. The fraction of sp³-hybridized carbons (Fsp3) is 0.600. The first-order chi connectivity index (χ1) is 8.83. The van der Waals surface area contributed by atoms with Crippen LogP contribution in [0.15, 0.2) is 18.2 Å². The van der Waals surface area contributed by atoms with Crippen molar-refractivity contribution in [3.8, 4) is 0 Å². The van der Waals surface area contributed by atoms with Crippen LogP contribution in [0.3, 0.4) is 0 Å². The maximum absolute atomic E-state index is 5.96. The quantitative estimate of drug-likeness (QED) is 0.769. The van der Waals surface area contributed by atoms with Crippen LogP contribution in [0.1, 0.15) is 37.7 Å². The van der Waals surface area contributed by atoms with Gasteiger partial charge >= 0.3 is 0 Å².